The van der Waals surface area contributed by atoms with Gasteiger partial charge in [0.25, 0.3) is 5.91 Å². The predicted molar refractivity (Wildman–Crippen MR) is 65.8 cm³/mol. The molecule has 0 aliphatic carbocycles. The maximum absolute atomic E-state index is 12.2. The topological polar surface area (TPSA) is 88.4 Å². The number of ether oxygens (including phenoxy) is 1. The molecule has 2 heterocycles. The number of hydrogen-bond donors (Lipinski definition) is 2. The van der Waals surface area contributed by atoms with Gasteiger partial charge >= 0.3 is 5.97 Å². The molecule has 1 atom stereocenters. The molecule has 6 heteroatoms. The SMILES string of the molecule is COC(=O)C1CCCN(C(=O)c2cc(N)c[nH]2)C1. The van der Waals surface area contributed by atoms with Crippen molar-refractivity contribution in [3.63, 3.8) is 0 Å². The second-order valence-electron chi connectivity index (χ2n) is 4.46. The van der Waals surface area contributed by atoms with E-state index >= 15 is 0 Å². The summed E-state index contributed by atoms with van der Waals surface area (Å²) in [5, 5.41) is 0. The van der Waals surface area contributed by atoms with Gasteiger partial charge < -0.3 is 20.4 Å². The van der Waals surface area contributed by atoms with E-state index in [0.717, 1.165) is 12.8 Å². The first-order valence-electron chi connectivity index (χ1n) is 5.93. The molecule has 0 spiro atoms. The second kappa shape index (κ2) is 5.12. The van der Waals surface area contributed by atoms with Crippen molar-refractivity contribution in [3.8, 4) is 0 Å². The number of amides is 1. The van der Waals surface area contributed by atoms with Crippen LogP contribution in [0, 0.1) is 5.92 Å². The van der Waals surface area contributed by atoms with Crippen molar-refractivity contribution in [1.29, 1.82) is 0 Å². The molecule has 98 valence electrons. The molecule has 6 nitrogen and oxygen atoms in total. The van der Waals surface area contributed by atoms with E-state index in [9.17, 15) is 9.59 Å². The van der Waals surface area contributed by atoms with E-state index < -0.39 is 0 Å². The van der Waals surface area contributed by atoms with Crippen LogP contribution in [-0.2, 0) is 9.53 Å². The van der Waals surface area contributed by atoms with E-state index in [2.05, 4.69) is 4.98 Å². The molecule has 3 N–H and O–H groups in total. The quantitative estimate of drug-likeness (QED) is 0.754. The molecule has 1 aromatic heterocycles. The van der Waals surface area contributed by atoms with Crippen LogP contribution in [0.2, 0.25) is 0 Å². The number of nitrogens with one attached hydrogen (secondary N) is 1. The average molecular weight is 251 g/mol. The van der Waals surface area contributed by atoms with Crippen LogP contribution >= 0.6 is 0 Å². The van der Waals surface area contributed by atoms with E-state index in [-0.39, 0.29) is 17.8 Å². The number of rotatable bonds is 2. The first-order valence-corrected chi connectivity index (χ1v) is 5.93. The number of aromatic nitrogens is 1. The lowest BCUT2D eigenvalue weighted by Crippen LogP contribution is -2.42. The smallest absolute Gasteiger partial charge is 0.310 e. The Morgan fingerprint density at radius 2 is 2.33 bits per heavy atom. The highest BCUT2D eigenvalue weighted by Crippen LogP contribution is 2.19. The number of esters is 1. The number of likely N-dealkylation sites (tertiary alicyclic amines) is 1. The number of nitrogens with two attached hydrogens (primary N) is 1. The van der Waals surface area contributed by atoms with Gasteiger partial charge in [-0.3, -0.25) is 9.59 Å². The Labute approximate surface area is 105 Å². The summed E-state index contributed by atoms with van der Waals surface area (Å²) in [5.41, 5.74) is 6.55. The van der Waals surface area contributed by atoms with Crippen molar-refractivity contribution < 1.29 is 14.3 Å². The van der Waals surface area contributed by atoms with Gasteiger partial charge in [0, 0.05) is 25.0 Å². The maximum atomic E-state index is 12.2. The number of hydrogen-bond acceptors (Lipinski definition) is 4. The van der Waals surface area contributed by atoms with Gasteiger partial charge in [0.05, 0.1) is 13.0 Å². The molecule has 1 amide bonds. The number of nitrogens with zero attached hydrogens (tertiary/aromatic N) is 1. The van der Waals surface area contributed by atoms with Crippen LogP contribution in [0.4, 0.5) is 5.69 Å². The zero-order chi connectivity index (χ0) is 13.1. The van der Waals surface area contributed by atoms with Crippen LogP contribution in [0.1, 0.15) is 23.3 Å². The molecular formula is C12H17N3O3. The first kappa shape index (κ1) is 12.5. The zero-order valence-electron chi connectivity index (χ0n) is 10.3. The number of H-pyrrole nitrogens is 1. The molecule has 0 aromatic carbocycles. The lowest BCUT2D eigenvalue weighted by molar-refractivity contribution is -0.146. The Hall–Kier alpha value is -1.98. The summed E-state index contributed by atoms with van der Waals surface area (Å²) in [5.74, 6) is -0.598. The highest BCUT2D eigenvalue weighted by Gasteiger charge is 2.29. The summed E-state index contributed by atoms with van der Waals surface area (Å²) >= 11 is 0. The second-order valence-corrected chi connectivity index (χ2v) is 4.46. The normalized spacial score (nSPS) is 19.6. The Balaban J connectivity index is 2.05. The Morgan fingerprint density at radius 3 is 2.94 bits per heavy atom. The lowest BCUT2D eigenvalue weighted by atomic mass is 9.98. The standard InChI is InChI=1S/C12H17N3O3/c1-18-12(17)8-3-2-4-15(7-8)11(16)10-5-9(13)6-14-10/h5-6,8,14H,2-4,7,13H2,1H3. The predicted octanol–water partition coefficient (Wildman–Crippen LogP) is 0.622. The third kappa shape index (κ3) is 2.47. The monoisotopic (exact) mass is 251 g/mol. The first-order chi connectivity index (χ1) is 8.61. The molecule has 1 aliphatic rings. The van der Waals surface area contributed by atoms with E-state index in [1.807, 2.05) is 0 Å². The fourth-order valence-corrected chi connectivity index (χ4v) is 2.23. The third-order valence-electron chi connectivity index (χ3n) is 3.18. The van der Waals surface area contributed by atoms with Gasteiger partial charge in [0.1, 0.15) is 5.69 Å². The summed E-state index contributed by atoms with van der Waals surface area (Å²) in [4.78, 5) is 28.1. The molecule has 1 aliphatic heterocycles. The van der Waals surface area contributed by atoms with Crippen molar-refractivity contribution in [2.75, 3.05) is 25.9 Å². The van der Waals surface area contributed by atoms with Gasteiger partial charge in [-0.05, 0) is 18.9 Å². The number of carbonyl (C=O) groups is 2. The highest BCUT2D eigenvalue weighted by molar-refractivity contribution is 5.93. The summed E-state index contributed by atoms with van der Waals surface area (Å²) in [7, 11) is 1.37. The van der Waals surface area contributed by atoms with Crippen molar-refractivity contribution in [1.82, 2.24) is 9.88 Å². The molecule has 18 heavy (non-hydrogen) atoms. The number of methoxy groups -OCH3 is 1. The van der Waals surface area contributed by atoms with E-state index in [1.54, 1.807) is 17.2 Å². The average Bonchev–Trinajstić information content (AvgIpc) is 2.83. The molecule has 1 unspecified atom stereocenters. The molecule has 1 saturated heterocycles. The summed E-state index contributed by atoms with van der Waals surface area (Å²) in [6, 6.07) is 1.60. The molecule has 1 fully saturated rings. The van der Waals surface area contributed by atoms with E-state index in [0.29, 0.717) is 24.5 Å². The van der Waals surface area contributed by atoms with Gasteiger partial charge in [-0.25, -0.2) is 0 Å². The van der Waals surface area contributed by atoms with Crippen LogP contribution < -0.4 is 5.73 Å². The van der Waals surface area contributed by atoms with Gasteiger partial charge in [-0.2, -0.15) is 0 Å². The van der Waals surface area contributed by atoms with Crippen LogP contribution in [0.15, 0.2) is 12.3 Å². The lowest BCUT2D eigenvalue weighted by Gasteiger charge is -2.31. The number of aromatic amines is 1. The van der Waals surface area contributed by atoms with Gasteiger partial charge in [0.15, 0.2) is 0 Å². The summed E-state index contributed by atoms with van der Waals surface area (Å²) in [6.45, 7) is 1.07. The molecule has 2 rings (SSSR count). The largest absolute Gasteiger partial charge is 0.469 e. The van der Waals surface area contributed by atoms with Gasteiger partial charge in [0.2, 0.25) is 0 Å². The molecular weight excluding hydrogens is 234 g/mol. The van der Waals surface area contributed by atoms with Crippen LogP contribution in [0.25, 0.3) is 0 Å². The van der Waals surface area contributed by atoms with E-state index in [4.69, 9.17) is 10.5 Å². The molecule has 0 bridgehead atoms. The number of nitrogen functional groups attached to an aromatic ring is 1. The molecule has 1 aromatic rings. The minimum Gasteiger partial charge on any atom is -0.469 e. The van der Waals surface area contributed by atoms with Crippen molar-refractivity contribution in [2.24, 2.45) is 5.92 Å². The molecule has 0 radical (unpaired) electrons. The summed E-state index contributed by atoms with van der Waals surface area (Å²) < 4.78 is 4.72. The van der Waals surface area contributed by atoms with E-state index in [1.165, 1.54) is 7.11 Å². The van der Waals surface area contributed by atoms with Crippen LogP contribution in [0.5, 0.6) is 0 Å². The van der Waals surface area contributed by atoms with Gasteiger partial charge in [-0.1, -0.05) is 0 Å². The minimum absolute atomic E-state index is 0.125. The highest BCUT2D eigenvalue weighted by atomic mass is 16.5. The van der Waals surface area contributed by atoms with Gasteiger partial charge in [-0.15, -0.1) is 0 Å². The van der Waals surface area contributed by atoms with Crippen molar-refractivity contribution in [3.05, 3.63) is 18.0 Å². The Morgan fingerprint density at radius 1 is 1.56 bits per heavy atom. The fourth-order valence-electron chi connectivity index (χ4n) is 2.23. The number of piperidine rings is 1. The van der Waals surface area contributed by atoms with Crippen LogP contribution in [0.3, 0.4) is 0 Å². The Bertz CT molecular complexity index is 455. The third-order valence-corrected chi connectivity index (χ3v) is 3.18. The minimum atomic E-state index is -0.251. The number of carbonyl (C=O) groups excluding carboxylic acids is 2. The fraction of sp³-hybridized carbons (Fsp3) is 0.500. The van der Waals surface area contributed by atoms with Crippen molar-refractivity contribution in [2.45, 2.75) is 12.8 Å². The summed E-state index contributed by atoms with van der Waals surface area (Å²) in [6.07, 6.45) is 3.15. The maximum Gasteiger partial charge on any atom is 0.310 e. The zero-order valence-corrected chi connectivity index (χ0v) is 10.3. The Kier molecular flexibility index (Phi) is 3.55. The molecule has 0 saturated carbocycles. The van der Waals surface area contributed by atoms with Crippen molar-refractivity contribution >= 4 is 17.6 Å². The van der Waals surface area contributed by atoms with Crippen LogP contribution in [-0.4, -0.2) is 42.0 Å². The number of anilines is 1.